The number of thiophene rings is 1. The normalized spacial score (nSPS) is 11.4. The van der Waals surface area contributed by atoms with Gasteiger partial charge in [-0.1, -0.05) is 5.16 Å². The van der Waals surface area contributed by atoms with Crippen molar-refractivity contribution in [2.24, 2.45) is 0 Å². The van der Waals surface area contributed by atoms with E-state index >= 15 is 0 Å². The van der Waals surface area contributed by atoms with Gasteiger partial charge in [-0.3, -0.25) is 0 Å². The van der Waals surface area contributed by atoms with Crippen molar-refractivity contribution in [2.45, 2.75) is 26.6 Å². The summed E-state index contributed by atoms with van der Waals surface area (Å²) in [5, 5.41) is 5.95. The third-order valence-corrected chi connectivity index (χ3v) is 3.99. The van der Waals surface area contributed by atoms with E-state index in [1.165, 1.54) is 0 Å². The summed E-state index contributed by atoms with van der Waals surface area (Å²) in [5.41, 5.74) is 0. The van der Waals surface area contributed by atoms with Gasteiger partial charge in [0.15, 0.2) is 6.29 Å². The van der Waals surface area contributed by atoms with E-state index in [2.05, 4.69) is 26.1 Å². The van der Waals surface area contributed by atoms with E-state index in [4.69, 9.17) is 14.0 Å². The van der Waals surface area contributed by atoms with Crippen molar-refractivity contribution in [1.82, 2.24) is 10.1 Å². The zero-order chi connectivity index (χ0) is 13.7. The van der Waals surface area contributed by atoms with Gasteiger partial charge in [0.25, 0.3) is 0 Å². The number of aromatic nitrogens is 2. The summed E-state index contributed by atoms with van der Waals surface area (Å²) in [7, 11) is 0. The second kappa shape index (κ2) is 7.14. The summed E-state index contributed by atoms with van der Waals surface area (Å²) < 4.78 is 17.1. The monoisotopic (exact) mass is 346 g/mol. The fraction of sp³-hybridized carbons (Fsp3) is 0.500. The quantitative estimate of drug-likeness (QED) is 0.718. The molecule has 0 N–H and O–H groups in total. The third-order valence-electron chi connectivity index (χ3n) is 2.30. The van der Waals surface area contributed by atoms with Crippen LogP contribution in [0.15, 0.2) is 20.4 Å². The van der Waals surface area contributed by atoms with Gasteiger partial charge >= 0.3 is 0 Å². The highest BCUT2D eigenvalue weighted by Gasteiger charge is 2.16. The van der Waals surface area contributed by atoms with Crippen molar-refractivity contribution < 1.29 is 14.0 Å². The minimum atomic E-state index is -0.335. The molecule has 2 aromatic rings. The number of nitrogens with zero attached hydrogens (tertiary/aromatic N) is 2. The summed E-state index contributed by atoms with van der Waals surface area (Å²) in [4.78, 5) is 5.31. The molecule has 0 unspecified atom stereocenters. The lowest BCUT2D eigenvalue weighted by Gasteiger charge is -2.14. The van der Waals surface area contributed by atoms with Crippen LogP contribution in [0.5, 0.6) is 0 Å². The van der Waals surface area contributed by atoms with Crippen LogP contribution in [-0.2, 0) is 15.9 Å². The van der Waals surface area contributed by atoms with E-state index in [0.717, 1.165) is 9.35 Å². The Hall–Kier alpha value is -0.760. The number of ether oxygens (including phenoxy) is 2. The number of hydrogen-bond acceptors (Lipinski definition) is 6. The van der Waals surface area contributed by atoms with Gasteiger partial charge in [0.1, 0.15) is 0 Å². The van der Waals surface area contributed by atoms with Crippen molar-refractivity contribution >= 4 is 27.3 Å². The van der Waals surface area contributed by atoms with Gasteiger partial charge in [-0.2, -0.15) is 4.98 Å². The van der Waals surface area contributed by atoms with Crippen LogP contribution in [0.2, 0.25) is 0 Å². The topological polar surface area (TPSA) is 57.4 Å². The van der Waals surface area contributed by atoms with E-state index in [9.17, 15) is 0 Å². The molecule has 5 nitrogen and oxygen atoms in total. The van der Waals surface area contributed by atoms with Gasteiger partial charge < -0.3 is 14.0 Å². The Kier molecular flexibility index (Phi) is 5.50. The van der Waals surface area contributed by atoms with Crippen LogP contribution in [0.4, 0.5) is 0 Å². The second-order valence-electron chi connectivity index (χ2n) is 3.69. The highest BCUT2D eigenvalue weighted by atomic mass is 79.9. The van der Waals surface area contributed by atoms with E-state index in [0.29, 0.717) is 31.3 Å². The maximum Gasteiger partial charge on any atom is 0.232 e. The SMILES string of the molecule is CCOC(Cc1nc(-c2cc(Br)cs2)no1)OCC. The van der Waals surface area contributed by atoms with E-state index in [-0.39, 0.29) is 6.29 Å². The molecule has 0 aliphatic heterocycles. The molecule has 0 aliphatic carbocycles. The predicted octanol–water partition coefficient (Wildman–Crippen LogP) is 3.50. The zero-order valence-corrected chi connectivity index (χ0v) is 13.2. The molecule has 0 saturated carbocycles. The van der Waals surface area contributed by atoms with Crippen LogP contribution in [0, 0.1) is 0 Å². The van der Waals surface area contributed by atoms with Crippen molar-refractivity contribution in [3.05, 3.63) is 21.8 Å². The number of rotatable bonds is 7. The van der Waals surface area contributed by atoms with Crippen LogP contribution >= 0.6 is 27.3 Å². The molecule has 2 aromatic heterocycles. The summed E-state index contributed by atoms with van der Waals surface area (Å²) in [6.07, 6.45) is 0.125. The maximum atomic E-state index is 5.45. The van der Waals surface area contributed by atoms with Gasteiger partial charge in [-0.15, -0.1) is 11.3 Å². The largest absolute Gasteiger partial charge is 0.352 e. The summed E-state index contributed by atoms with van der Waals surface area (Å²) in [6.45, 7) is 5.02. The van der Waals surface area contributed by atoms with Gasteiger partial charge in [0, 0.05) is 23.1 Å². The molecule has 0 radical (unpaired) electrons. The lowest BCUT2D eigenvalue weighted by Crippen LogP contribution is -2.20. The summed E-state index contributed by atoms with van der Waals surface area (Å²) in [5.74, 6) is 1.11. The van der Waals surface area contributed by atoms with Crippen molar-refractivity contribution in [3.8, 4) is 10.7 Å². The van der Waals surface area contributed by atoms with Crippen molar-refractivity contribution in [2.75, 3.05) is 13.2 Å². The molecule has 104 valence electrons. The lowest BCUT2D eigenvalue weighted by atomic mass is 10.4. The smallest absolute Gasteiger partial charge is 0.232 e. The predicted molar refractivity (Wildman–Crippen MR) is 76.1 cm³/mol. The maximum absolute atomic E-state index is 5.45. The Morgan fingerprint density at radius 3 is 2.68 bits per heavy atom. The van der Waals surface area contributed by atoms with Crippen LogP contribution in [0.25, 0.3) is 10.7 Å². The van der Waals surface area contributed by atoms with E-state index in [1.54, 1.807) is 11.3 Å². The molecule has 19 heavy (non-hydrogen) atoms. The van der Waals surface area contributed by atoms with Gasteiger partial charge in [-0.25, -0.2) is 0 Å². The average Bonchev–Trinajstić information content (AvgIpc) is 2.99. The molecule has 0 bridgehead atoms. The van der Waals surface area contributed by atoms with Crippen molar-refractivity contribution in [3.63, 3.8) is 0 Å². The molecular formula is C12H15BrN2O3S. The lowest BCUT2D eigenvalue weighted by molar-refractivity contribution is -0.137. The molecule has 0 aliphatic rings. The molecule has 2 rings (SSSR count). The number of hydrogen-bond donors (Lipinski definition) is 0. The fourth-order valence-corrected chi connectivity index (χ4v) is 2.90. The first-order chi connectivity index (χ1) is 9.22. The minimum Gasteiger partial charge on any atom is -0.352 e. The Morgan fingerprint density at radius 1 is 1.37 bits per heavy atom. The Balaban J connectivity index is 2.03. The average molecular weight is 347 g/mol. The highest BCUT2D eigenvalue weighted by Crippen LogP contribution is 2.27. The van der Waals surface area contributed by atoms with Gasteiger partial charge in [0.05, 0.1) is 11.3 Å². The zero-order valence-electron chi connectivity index (χ0n) is 10.8. The molecule has 0 fully saturated rings. The van der Waals surface area contributed by atoms with Crippen LogP contribution in [0.3, 0.4) is 0 Å². The van der Waals surface area contributed by atoms with Gasteiger partial charge in [0.2, 0.25) is 11.7 Å². The molecular weight excluding hydrogens is 332 g/mol. The van der Waals surface area contributed by atoms with E-state index < -0.39 is 0 Å². The molecule has 0 saturated heterocycles. The van der Waals surface area contributed by atoms with Gasteiger partial charge in [-0.05, 0) is 35.8 Å². The minimum absolute atomic E-state index is 0.335. The van der Waals surface area contributed by atoms with Crippen LogP contribution in [-0.4, -0.2) is 29.6 Å². The third kappa shape index (κ3) is 4.10. The molecule has 2 heterocycles. The second-order valence-corrected chi connectivity index (χ2v) is 5.51. The Labute approximate surface area is 124 Å². The first-order valence-electron chi connectivity index (χ1n) is 6.03. The first-order valence-corrected chi connectivity index (χ1v) is 7.70. The van der Waals surface area contributed by atoms with Crippen LogP contribution in [0.1, 0.15) is 19.7 Å². The molecule has 0 spiro atoms. The van der Waals surface area contributed by atoms with E-state index in [1.807, 2.05) is 25.3 Å². The highest BCUT2D eigenvalue weighted by molar-refractivity contribution is 9.10. The molecule has 7 heteroatoms. The summed E-state index contributed by atoms with van der Waals surface area (Å²) >= 11 is 4.96. The summed E-state index contributed by atoms with van der Waals surface area (Å²) in [6, 6.07) is 1.96. The molecule has 0 amide bonds. The fourth-order valence-electron chi connectivity index (χ4n) is 1.55. The number of halogens is 1. The molecule has 0 aromatic carbocycles. The first kappa shape index (κ1) is 14.6. The molecule has 0 atom stereocenters. The Bertz CT molecular complexity index is 509. The standard InChI is InChI=1S/C12H15BrN2O3S/c1-3-16-11(17-4-2)6-10-14-12(15-18-10)9-5-8(13)7-19-9/h5,7,11H,3-4,6H2,1-2H3. The van der Waals surface area contributed by atoms with Crippen LogP contribution < -0.4 is 0 Å². The van der Waals surface area contributed by atoms with Crippen molar-refractivity contribution in [1.29, 1.82) is 0 Å². The Morgan fingerprint density at radius 2 is 2.11 bits per heavy atom.